The van der Waals surface area contributed by atoms with E-state index >= 15 is 0 Å². The zero-order chi connectivity index (χ0) is 10.4. The molecule has 13 heavy (non-hydrogen) atoms. The van der Waals surface area contributed by atoms with E-state index in [0.29, 0.717) is 0 Å². The number of aliphatic hydroxyl groups is 3. The highest BCUT2D eigenvalue weighted by atomic mass is 16.5. The summed E-state index contributed by atoms with van der Waals surface area (Å²) in [6, 6.07) is 0. The van der Waals surface area contributed by atoms with Crippen LogP contribution >= 0.6 is 0 Å². The van der Waals surface area contributed by atoms with Gasteiger partial charge < -0.3 is 25.7 Å². The molecule has 0 saturated carbocycles. The lowest BCUT2D eigenvalue weighted by Crippen LogP contribution is -2.35. The van der Waals surface area contributed by atoms with Gasteiger partial charge in [-0.1, -0.05) is 0 Å². The zero-order valence-electron chi connectivity index (χ0n) is 6.67. The number of aliphatic hydroxyl groups excluding tert-OH is 2. The maximum Gasteiger partial charge on any atom is 0.322 e. The molecular formula is C6H11NO6. The third-order valence-electron chi connectivity index (χ3n) is 1.18. The van der Waals surface area contributed by atoms with E-state index in [4.69, 9.17) is 20.4 Å². The molecular weight excluding hydrogens is 182 g/mol. The molecule has 0 aromatic heterocycles. The van der Waals surface area contributed by atoms with Gasteiger partial charge in [0.05, 0.1) is 6.42 Å². The molecule has 0 aromatic carbocycles. The molecule has 1 atom stereocenters. The van der Waals surface area contributed by atoms with Crippen molar-refractivity contribution in [2.45, 2.75) is 18.8 Å². The average molecular weight is 193 g/mol. The molecule has 76 valence electrons. The first kappa shape index (κ1) is 11.8. The van der Waals surface area contributed by atoms with Crippen LogP contribution in [-0.2, 0) is 9.59 Å². The molecule has 0 bridgehead atoms. The number of carbonyl (C=O) groups excluding carboxylic acids is 1. The number of hydrogen-bond donors (Lipinski definition) is 5. The molecule has 1 amide bonds. The molecule has 0 saturated heterocycles. The van der Waals surface area contributed by atoms with Gasteiger partial charge in [0.15, 0.2) is 6.29 Å². The van der Waals surface area contributed by atoms with E-state index in [-0.39, 0.29) is 0 Å². The molecule has 0 radical (unpaired) electrons. The van der Waals surface area contributed by atoms with E-state index in [1.54, 1.807) is 0 Å². The topological polar surface area (TPSA) is 127 Å². The molecule has 0 aliphatic heterocycles. The summed E-state index contributed by atoms with van der Waals surface area (Å²) < 4.78 is 0. The number of hydrogen-bond acceptors (Lipinski definition) is 5. The number of aliphatic carboxylic acids is 1. The molecule has 5 N–H and O–H groups in total. The van der Waals surface area contributed by atoms with Crippen LogP contribution in [0, 0.1) is 0 Å². The molecule has 0 aromatic rings. The summed E-state index contributed by atoms with van der Waals surface area (Å²) in [6.45, 7) is -0.562. The minimum Gasteiger partial charge on any atom is -0.480 e. The van der Waals surface area contributed by atoms with E-state index in [1.165, 1.54) is 0 Å². The van der Waals surface area contributed by atoms with Crippen LogP contribution in [-0.4, -0.2) is 51.2 Å². The fourth-order valence-corrected chi connectivity index (χ4v) is 0.542. The van der Waals surface area contributed by atoms with E-state index in [2.05, 4.69) is 0 Å². The molecule has 0 spiro atoms. The Bertz CT molecular complexity index is 192. The smallest absolute Gasteiger partial charge is 0.322 e. The van der Waals surface area contributed by atoms with Crippen LogP contribution in [0.5, 0.6) is 0 Å². The lowest BCUT2D eigenvalue weighted by Gasteiger charge is -2.11. The molecule has 1 unspecified atom stereocenters. The quantitative estimate of drug-likeness (QED) is 0.301. The molecule has 0 aliphatic carbocycles. The second-order valence-corrected chi connectivity index (χ2v) is 2.36. The van der Waals surface area contributed by atoms with Gasteiger partial charge in [0.1, 0.15) is 12.6 Å². The van der Waals surface area contributed by atoms with E-state index < -0.39 is 37.2 Å². The summed E-state index contributed by atoms with van der Waals surface area (Å²) in [4.78, 5) is 20.7. The Morgan fingerprint density at radius 3 is 2.15 bits per heavy atom. The number of nitrogens with one attached hydrogen (secondary N) is 1. The average Bonchev–Trinajstić information content (AvgIpc) is 2.00. The van der Waals surface area contributed by atoms with Crippen molar-refractivity contribution in [3.8, 4) is 0 Å². The van der Waals surface area contributed by atoms with Crippen molar-refractivity contribution in [2.75, 3.05) is 6.54 Å². The molecule has 7 nitrogen and oxygen atoms in total. The predicted octanol–water partition coefficient (Wildman–Crippen LogP) is -2.75. The van der Waals surface area contributed by atoms with Crippen molar-refractivity contribution < 1.29 is 30.0 Å². The first-order valence-corrected chi connectivity index (χ1v) is 3.46. The van der Waals surface area contributed by atoms with Crippen LogP contribution in [0.15, 0.2) is 0 Å². The highest BCUT2D eigenvalue weighted by Crippen LogP contribution is 1.95. The monoisotopic (exact) mass is 193 g/mol. The van der Waals surface area contributed by atoms with Gasteiger partial charge in [-0.05, 0) is 0 Å². The van der Waals surface area contributed by atoms with Gasteiger partial charge in [0, 0.05) is 0 Å². The zero-order valence-corrected chi connectivity index (χ0v) is 6.67. The summed E-state index contributed by atoms with van der Waals surface area (Å²) in [7, 11) is 0. The third-order valence-corrected chi connectivity index (χ3v) is 1.18. The first-order valence-electron chi connectivity index (χ1n) is 3.46. The normalized spacial score (nSPS) is 12.6. The standard InChI is InChI=1S/C6H11NO6/c8-3(6(12)13)1-4(9)7-2-5(10)11/h3,6,8,12-13H,1-2H2,(H,7,9)(H,10,11). The second-order valence-electron chi connectivity index (χ2n) is 2.36. The number of carboxylic acids is 1. The Balaban J connectivity index is 3.68. The van der Waals surface area contributed by atoms with Crippen LogP contribution in [0.3, 0.4) is 0 Å². The lowest BCUT2D eigenvalue weighted by molar-refractivity contribution is -0.143. The molecule has 7 heteroatoms. The fraction of sp³-hybridized carbons (Fsp3) is 0.667. The first-order chi connectivity index (χ1) is 5.93. The van der Waals surface area contributed by atoms with Crippen molar-refractivity contribution in [3.63, 3.8) is 0 Å². The van der Waals surface area contributed by atoms with Crippen LogP contribution in [0.1, 0.15) is 6.42 Å². The maximum absolute atomic E-state index is 10.7. The summed E-state index contributed by atoms with van der Waals surface area (Å²) in [5.41, 5.74) is 0. The molecule has 0 aliphatic rings. The number of rotatable bonds is 5. The van der Waals surface area contributed by atoms with E-state index in [0.717, 1.165) is 0 Å². The molecule has 0 heterocycles. The van der Waals surface area contributed by atoms with Crippen molar-refractivity contribution >= 4 is 11.9 Å². The van der Waals surface area contributed by atoms with Gasteiger partial charge in [-0.2, -0.15) is 0 Å². The second kappa shape index (κ2) is 5.46. The molecule has 0 rings (SSSR count). The lowest BCUT2D eigenvalue weighted by atomic mass is 10.2. The Kier molecular flexibility index (Phi) is 4.97. The van der Waals surface area contributed by atoms with Crippen molar-refractivity contribution in [1.29, 1.82) is 0 Å². The highest BCUT2D eigenvalue weighted by molar-refractivity contribution is 5.81. The molecule has 0 fully saturated rings. The van der Waals surface area contributed by atoms with Gasteiger partial charge in [0.2, 0.25) is 5.91 Å². The van der Waals surface area contributed by atoms with Gasteiger partial charge >= 0.3 is 5.97 Å². The van der Waals surface area contributed by atoms with Gasteiger partial charge in [-0.25, -0.2) is 0 Å². The van der Waals surface area contributed by atoms with Crippen LogP contribution < -0.4 is 5.32 Å². The Morgan fingerprint density at radius 2 is 1.77 bits per heavy atom. The number of carboxylic acid groups (broad SMARTS) is 1. The maximum atomic E-state index is 10.7. The summed E-state index contributed by atoms with van der Waals surface area (Å²) in [5.74, 6) is -1.98. The van der Waals surface area contributed by atoms with Gasteiger partial charge in [-0.15, -0.1) is 0 Å². The predicted molar refractivity (Wildman–Crippen MR) is 39.5 cm³/mol. The highest BCUT2D eigenvalue weighted by Gasteiger charge is 2.17. The van der Waals surface area contributed by atoms with Crippen LogP contribution in [0.25, 0.3) is 0 Å². The largest absolute Gasteiger partial charge is 0.480 e. The number of carbonyl (C=O) groups is 2. The van der Waals surface area contributed by atoms with Crippen molar-refractivity contribution in [3.05, 3.63) is 0 Å². The summed E-state index contributed by atoms with van der Waals surface area (Å²) in [6.07, 6.45) is -4.16. The SMILES string of the molecule is O=C(O)CNC(=O)CC(O)C(O)O. The van der Waals surface area contributed by atoms with Gasteiger partial charge in [0.25, 0.3) is 0 Å². The van der Waals surface area contributed by atoms with Crippen molar-refractivity contribution in [2.24, 2.45) is 0 Å². The fourth-order valence-electron chi connectivity index (χ4n) is 0.542. The third kappa shape index (κ3) is 6.02. The van der Waals surface area contributed by atoms with E-state index in [9.17, 15) is 9.59 Å². The minimum absolute atomic E-state index is 0.551. The number of amides is 1. The Labute approximate surface area is 73.6 Å². The Hall–Kier alpha value is -1.18. The van der Waals surface area contributed by atoms with Crippen LogP contribution in [0.4, 0.5) is 0 Å². The Morgan fingerprint density at radius 1 is 1.23 bits per heavy atom. The van der Waals surface area contributed by atoms with Crippen LogP contribution in [0.2, 0.25) is 0 Å². The minimum atomic E-state index is -2.00. The summed E-state index contributed by atoms with van der Waals surface area (Å²) in [5, 5.41) is 35.5. The van der Waals surface area contributed by atoms with E-state index in [1.807, 2.05) is 5.32 Å². The van der Waals surface area contributed by atoms with Crippen molar-refractivity contribution in [1.82, 2.24) is 5.32 Å². The van der Waals surface area contributed by atoms with Gasteiger partial charge in [-0.3, -0.25) is 9.59 Å². The summed E-state index contributed by atoms with van der Waals surface area (Å²) >= 11 is 0.